The maximum absolute atomic E-state index is 12.3. The third kappa shape index (κ3) is 5.24. The largest absolute Gasteiger partial charge is 0.462 e. The Hall–Kier alpha value is -3.87. The van der Waals surface area contributed by atoms with E-state index in [1.165, 1.54) is 6.92 Å². The van der Waals surface area contributed by atoms with Crippen LogP contribution in [0.15, 0.2) is 12.1 Å². The fraction of sp³-hybridized carbons (Fsp3) is 0.316. The number of thiophene rings is 1. The lowest BCUT2D eigenvalue weighted by Gasteiger charge is -2.08. The molecule has 1 aromatic carbocycles. The van der Waals surface area contributed by atoms with Crippen LogP contribution in [-0.2, 0) is 14.3 Å². The van der Waals surface area contributed by atoms with Gasteiger partial charge in [-0.3, -0.25) is 25.0 Å². The molecule has 1 N–H and O–H groups in total. The molecular formula is C19H19N3O9S. The Kier molecular flexibility index (Phi) is 7.59. The summed E-state index contributed by atoms with van der Waals surface area (Å²) in [6.45, 7) is 5.65. The first-order chi connectivity index (χ1) is 15.0. The zero-order valence-electron chi connectivity index (χ0n) is 17.5. The van der Waals surface area contributed by atoms with Gasteiger partial charge in [0.1, 0.15) is 10.6 Å². The summed E-state index contributed by atoms with van der Waals surface area (Å²) in [5, 5.41) is 25.0. The minimum absolute atomic E-state index is 0.146. The highest BCUT2D eigenvalue weighted by molar-refractivity contribution is 7.16. The van der Waals surface area contributed by atoms with Crippen molar-refractivity contribution in [2.75, 3.05) is 18.5 Å². The Labute approximate surface area is 185 Å². The summed E-state index contributed by atoms with van der Waals surface area (Å²) in [6, 6.07) is 1.68. The topological polar surface area (TPSA) is 168 Å². The summed E-state index contributed by atoms with van der Waals surface area (Å²) in [7, 11) is 0. The van der Waals surface area contributed by atoms with E-state index in [-0.39, 0.29) is 22.7 Å². The highest BCUT2D eigenvalue weighted by Gasteiger charge is 2.27. The van der Waals surface area contributed by atoms with Gasteiger partial charge in [0.2, 0.25) is 0 Å². The lowest BCUT2D eigenvalue weighted by atomic mass is 10.1. The van der Waals surface area contributed by atoms with Gasteiger partial charge in [0.15, 0.2) is 6.61 Å². The molecule has 0 aliphatic carbocycles. The normalized spacial score (nSPS) is 10.4. The molecule has 0 spiro atoms. The van der Waals surface area contributed by atoms with E-state index in [0.717, 1.165) is 28.3 Å². The second-order valence-corrected chi connectivity index (χ2v) is 7.71. The number of nitro groups is 2. The summed E-state index contributed by atoms with van der Waals surface area (Å²) < 4.78 is 9.84. The fourth-order valence-corrected chi connectivity index (χ4v) is 3.79. The molecule has 32 heavy (non-hydrogen) atoms. The number of nitrogens with one attached hydrogen (secondary N) is 1. The van der Waals surface area contributed by atoms with Crippen molar-refractivity contribution in [1.82, 2.24) is 0 Å². The van der Waals surface area contributed by atoms with Gasteiger partial charge in [0.05, 0.1) is 27.6 Å². The molecule has 0 fully saturated rings. The molecule has 0 saturated heterocycles. The average Bonchev–Trinajstić information content (AvgIpc) is 2.99. The second-order valence-electron chi connectivity index (χ2n) is 6.49. The monoisotopic (exact) mass is 465 g/mol. The number of nitro benzene ring substituents is 2. The van der Waals surface area contributed by atoms with Crippen LogP contribution in [0.5, 0.6) is 0 Å². The zero-order valence-corrected chi connectivity index (χ0v) is 18.4. The quantitative estimate of drug-likeness (QED) is 0.348. The molecule has 0 saturated carbocycles. The van der Waals surface area contributed by atoms with Gasteiger partial charge in [-0.2, -0.15) is 0 Å². The molecule has 2 rings (SSSR count). The Morgan fingerprint density at radius 3 is 2.03 bits per heavy atom. The highest BCUT2D eigenvalue weighted by Crippen LogP contribution is 2.33. The van der Waals surface area contributed by atoms with Crippen molar-refractivity contribution in [1.29, 1.82) is 0 Å². The number of esters is 2. The number of anilines is 1. The van der Waals surface area contributed by atoms with E-state index in [0.29, 0.717) is 5.56 Å². The molecule has 2 aromatic rings. The third-order valence-electron chi connectivity index (χ3n) is 4.43. The van der Waals surface area contributed by atoms with Crippen molar-refractivity contribution in [3.05, 3.63) is 59.5 Å². The SMILES string of the molecule is CCOC(=O)c1c(NC(=O)COC(=O)c2cc([N+](=O)[O-])c(C)c([N+](=O)[O-])c2)sc(C)c1C. The number of nitrogens with zero attached hydrogens (tertiary/aromatic N) is 2. The number of amides is 1. The van der Waals surface area contributed by atoms with Gasteiger partial charge < -0.3 is 14.8 Å². The van der Waals surface area contributed by atoms with Crippen molar-refractivity contribution in [2.24, 2.45) is 0 Å². The van der Waals surface area contributed by atoms with Crippen molar-refractivity contribution in [2.45, 2.75) is 27.7 Å². The molecule has 170 valence electrons. The van der Waals surface area contributed by atoms with Crippen LogP contribution in [0.4, 0.5) is 16.4 Å². The Bertz CT molecular complexity index is 1090. The molecule has 0 unspecified atom stereocenters. The standard InChI is InChI=1S/C19H19N3O9S/c1-5-30-19(25)16-9(2)11(4)32-17(16)20-15(23)8-31-18(24)12-6-13(21(26)27)10(3)14(7-12)22(28)29/h6-7H,5,8H2,1-4H3,(H,20,23). The van der Waals surface area contributed by atoms with Crippen LogP contribution >= 0.6 is 11.3 Å². The zero-order chi connectivity index (χ0) is 24.2. The molecule has 0 aliphatic heterocycles. The molecule has 0 radical (unpaired) electrons. The summed E-state index contributed by atoms with van der Waals surface area (Å²) in [6.07, 6.45) is 0. The number of hydrogen-bond donors (Lipinski definition) is 1. The molecule has 13 heteroatoms. The predicted molar refractivity (Wildman–Crippen MR) is 113 cm³/mol. The van der Waals surface area contributed by atoms with E-state index in [9.17, 15) is 34.6 Å². The minimum Gasteiger partial charge on any atom is -0.462 e. The highest BCUT2D eigenvalue weighted by atomic mass is 32.1. The number of carbonyl (C=O) groups excluding carboxylic acids is 3. The first-order valence-electron chi connectivity index (χ1n) is 9.15. The average molecular weight is 465 g/mol. The van der Waals surface area contributed by atoms with E-state index >= 15 is 0 Å². The lowest BCUT2D eigenvalue weighted by molar-refractivity contribution is -0.395. The van der Waals surface area contributed by atoms with E-state index in [4.69, 9.17) is 9.47 Å². The van der Waals surface area contributed by atoms with Crippen LogP contribution in [0.3, 0.4) is 0 Å². The van der Waals surface area contributed by atoms with Crippen LogP contribution in [0.1, 0.15) is 43.6 Å². The molecule has 0 bridgehead atoms. The van der Waals surface area contributed by atoms with Crippen molar-refractivity contribution in [3.8, 4) is 0 Å². The van der Waals surface area contributed by atoms with Gasteiger partial charge in [-0.1, -0.05) is 0 Å². The summed E-state index contributed by atoms with van der Waals surface area (Å²) in [5.41, 5.74) is -1.08. The van der Waals surface area contributed by atoms with E-state index < -0.39 is 51.2 Å². The van der Waals surface area contributed by atoms with Gasteiger partial charge in [-0.25, -0.2) is 9.59 Å². The number of hydrogen-bond acceptors (Lipinski definition) is 10. The van der Waals surface area contributed by atoms with Crippen LogP contribution < -0.4 is 5.32 Å². The number of rotatable bonds is 8. The van der Waals surface area contributed by atoms with Gasteiger partial charge in [-0.15, -0.1) is 11.3 Å². The summed E-state index contributed by atoms with van der Waals surface area (Å²) in [4.78, 5) is 58.0. The van der Waals surface area contributed by atoms with E-state index in [1.807, 2.05) is 0 Å². The summed E-state index contributed by atoms with van der Waals surface area (Å²) >= 11 is 1.14. The molecule has 1 amide bonds. The van der Waals surface area contributed by atoms with Crippen LogP contribution in [0, 0.1) is 41.0 Å². The van der Waals surface area contributed by atoms with Gasteiger partial charge in [0, 0.05) is 17.0 Å². The predicted octanol–water partition coefficient (Wildman–Crippen LogP) is 3.46. The van der Waals surface area contributed by atoms with Gasteiger partial charge in [0.25, 0.3) is 17.3 Å². The number of ether oxygens (including phenoxy) is 2. The Morgan fingerprint density at radius 1 is 0.969 bits per heavy atom. The molecule has 0 aliphatic rings. The smallest absolute Gasteiger partial charge is 0.341 e. The van der Waals surface area contributed by atoms with Crippen molar-refractivity contribution in [3.63, 3.8) is 0 Å². The number of benzene rings is 1. The number of aryl methyl sites for hydroxylation is 1. The van der Waals surface area contributed by atoms with Gasteiger partial charge >= 0.3 is 11.9 Å². The molecule has 12 nitrogen and oxygen atoms in total. The fourth-order valence-electron chi connectivity index (χ4n) is 2.72. The lowest BCUT2D eigenvalue weighted by Crippen LogP contribution is -2.22. The van der Waals surface area contributed by atoms with E-state index in [2.05, 4.69) is 5.32 Å². The molecule has 1 heterocycles. The summed E-state index contributed by atoms with van der Waals surface area (Å²) in [5.74, 6) is -2.54. The van der Waals surface area contributed by atoms with Crippen LogP contribution in [0.25, 0.3) is 0 Å². The first kappa shape index (κ1) is 24.4. The molecule has 0 atom stereocenters. The van der Waals surface area contributed by atoms with E-state index in [1.54, 1.807) is 20.8 Å². The van der Waals surface area contributed by atoms with Gasteiger partial charge in [-0.05, 0) is 33.3 Å². The molecular weight excluding hydrogens is 446 g/mol. The third-order valence-corrected chi connectivity index (χ3v) is 5.56. The van der Waals surface area contributed by atoms with Crippen molar-refractivity contribution >= 4 is 45.6 Å². The maximum atomic E-state index is 12.3. The number of carbonyl (C=O) groups is 3. The second kappa shape index (κ2) is 9.96. The maximum Gasteiger partial charge on any atom is 0.341 e. The Balaban J connectivity index is 2.17. The minimum atomic E-state index is -1.16. The first-order valence-corrected chi connectivity index (χ1v) is 9.97. The molecule has 1 aromatic heterocycles. The Morgan fingerprint density at radius 2 is 1.53 bits per heavy atom. The van der Waals surface area contributed by atoms with Crippen molar-refractivity contribution < 1.29 is 33.7 Å². The van der Waals surface area contributed by atoms with Crippen LogP contribution in [-0.4, -0.2) is 40.9 Å². The van der Waals surface area contributed by atoms with Crippen LogP contribution in [0.2, 0.25) is 0 Å².